The summed E-state index contributed by atoms with van der Waals surface area (Å²) in [6.45, 7) is 2.67. The van der Waals surface area contributed by atoms with Crippen LogP contribution in [0.5, 0.6) is 11.5 Å². The molecule has 1 saturated heterocycles. The van der Waals surface area contributed by atoms with E-state index in [-0.39, 0.29) is 15.6 Å². The van der Waals surface area contributed by atoms with Crippen LogP contribution in [0.2, 0.25) is 5.02 Å². The summed E-state index contributed by atoms with van der Waals surface area (Å²) in [6, 6.07) is 9.00. The third-order valence-corrected chi connectivity index (χ3v) is 5.36. The number of imide groups is 1. The molecule has 0 radical (unpaired) electrons. The van der Waals surface area contributed by atoms with Crippen molar-refractivity contribution in [1.82, 2.24) is 0 Å². The first-order chi connectivity index (χ1) is 13.9. The van der Waals surface area contributed by atoms with Crippen LogP contribution in [-0.2, 0) is 4.79 Å². The van der Waals surface area contributed by atoms with Crippen LogP contribution in [0.4, 0.5) is 14.9 Å². The van der Waals surface area contributed by atoms with E-state index in [2.05, 4.69) is 6.92 Å². The molecule has 3 rings (SSSR count). The summed E-state index contributed by atoms with van der Waals surface area (Å²) in [7, 11) is 1.54. The lowest BCUT2D eigenvalue weighted by molar-refractivity contribution is -0.113. The number of rotatable bonds is 7. The third-order valence-electron chi connectivity index (χ3n) is 4.20. The Morgan fingerprint density at radius 2 is 1.97 bits per heavy atom. The molecule has 152 valence electrons. The van der Waals surface area contributed by atoms with Gasteiger partial charge in [0.25, 0.3) is 11.1 Å². The Kier molecular flexibility index (Phi) is 6.82. The van der Waals surface area contributed by atoms with E-state index in [1.165, 1.54) is 19.2 Å². The van der Waals surface area contributed by atoms with E-state index >= 15 is 0 Å². The molecule has 1 aliphatic heterocycles. The van der Waals surface area contributed by atoms with Crippen LogP contribution in [0, 0.1) is 5.82 Å². The highest BCUT2D eigenvalue weighted by atomic mass is 35.5. The second-order valence-corrected chi connectivity index (χ2v) is 7.63. The van der Waals surface area contributed by atoms with E-state index in [0.29, 0.717) is 23.7 Å². The van der Waals surface area contributed by atoms with E-state index in [9.17, 15) is 14.0 Å². The minimum absolute atomic E-state index is 0.158. The van der Waals surface area contributed by atoms with Crippen LogP contribution in [0.25, 0.3) is 6.08 Å². The molecule has 2 aromatic carbocycles. The van der Waals surface area contributed by atoms with Gasteiger partial charge in [-0.25, -0.2) is 9.29 Å². The molecule has 0 spiro atoms. The number of halogens is 2. The molecule has 2 aromatic rings. The van der Waals surface area contributed by atoms with Crippen LogP contribution in [0.15, 0.2) is 41.3 Å². The van der Waals surface area contributed by atoms with Crippen molar-refractivity contribution in [1.29, 1.82) is 0 Å². The Labute approximate surface area is 177 Å². The first-order valence-electron chi connectivity index (χ1n) is 8.98. The van der Waals surface area contributed by atoms with E-state index in [4.69, 9.17) is 21.1 Å². The smallest absolute Gasteiger partial charge is 0.298 e. The van der Waals surface area contributed by atoms with Gasteiger partial charge >= 0.3 is 0 Å². The SMILES string of the molecule is CCCCOc1ccc(/C=C2\SC(=O)N(c3ccc(F)c(Cl)c3)C2=O)cc1OC. The number of thioether (sulfide) groups is 1. The molecule has 8 heteroatoms. The minimum atomic E-state index is -0.619. The van der Waals surface area contributed by atoms with Gasteiger partial charge in [0.05, 0.1) is 29.3 Å². The summed E-state index contributed by atoms with van der Waals surface area (Å²) in [5.41, 5.74) is 0.909. The molecule has 0 unspecified atom stereocenters. The number of carbonyl (C=O) groups is 2. The van der Waals surface area contributed by atoms with Crippen molar-refractivity contribution >= 4 is 46.3 Å². The summed E-state index contributed by atoms with van der Waals surface area (Å²) in [5.74, 6) is 0.0442. The zero-order chi connectivity index (χ0) is 21.0. The second-order valence-electron chi connectivity index (χ2n) is 6.23. The van der Waals surface area contributed by atoms with Gasteiger partial charge in [-0.05, 0) is 60.2 Å². The number of carbonyl (C=O) groups excluding carboxylic acids is 2. The Morgan fingerprint density at radius 1 is 1.17 bits per heavy atom. The van der Waals surface area contributed by atoms with E-state index in [0.717, 1.165) is 35.6 Å². The van der Waals surface area contributed by atoms with Gasteiger partial charge in [-0.3, -0.25) is 9.59 Å². The van der Waals surface area contributed by atoms with Gasteiger partial charge in [-0.2, -0.15) is 0 Å². The monoisotopic (exact) mass is 435 g/mol. The van der Waals surface area contributed by atoms with Crippen molar-refractivity contribution in [3.8, 4) is 11.5 Å². The number of ether oxygens (including phenoxy) is 2. The van der Waals surface area contributed by atoms with E-state index in [1.54, 1.807) is 24.3 Å². The Bertz CT molecular complexity index is 979. The van der Waals surface area contributed by atoms with Crippen molar-refractivity contribution in [3.63, 3.8) is 0 Å². The van der Waals surface area contributed by atoms with Crippen molar-refractivity contribution in [2.45, 2.75) is 19.8 Å². The molecule has 0 N–H and O–H groups in total. The zero-order valence-electron chi connectivity index (χ0n) is 15.9. The topological polar surface area (TPSA) is 55.8 Å². The molecule has 2 amide bonds. The van der Waals surface area contributed by atoms with E-state index < -0.39 is 17.0 Å². The summed E-state index contributed by atoms with van der Waals surface area (Å²) < 4.78 is 24.5. The van der Waals surface area contributed by atoms with Gasteiger partial charge < -0.3 is 9.47 Å². The first kappa shape index (κ1) is 21.2. The summed E-state index contributed by atoms with van der Waals surface area (Å²) in [5, 5.41) is -0.635. The van der Waals surface area contributed by atoms with Gasteiger partial charge in [0, 0.05) is 0 Å². The van der Waals surface area contributed by atoms with Crippen LogP contribution in [-0.4, -0.2) is 24.9 Å². The molecular formula is C21H19ClFNO4S. The predicted molar refractivity (Wildman–Crippen MR) is 113 cm³/mol. The first-order valence-corrected chi connectivity index (χ1v) is 10.2. The highest BCUT2D eigenvalue weighted by Crippen LogP contribution is 2.38. The average Bonchev–Trinajstić information content (AvgIpc) is 2.98. The molecule has 5 nitrogen and oxygen atoms in total. The molecule has 1 fully saturated rings. The fraction of sp³-hybridized carbons (Fsp3) is 0.238. The predicted octanol–water partition coefficient (Wildman–Crippen LogP) is 5.91. The number of amides is 2. The quantitative estimate of drug-likeness (QED) is 0.400. The normalized spacial score (nSPS) is 15.3. The second kappa shape index (κ2) is 9.33. The Hall–Kier alpha value is -2.51. The highest BCUT2D eigenvalue weighted by molar-refractivity contribution is 8.19. The maximum Gasteiger partial charge on any atom is 0.298 e. The fourth-order valence-electron chi connectivity index (χ4n) is 2.69. The molecule has 0 bridgehead atoms. The number of anilines is 1. The summed E-state index contributed by atoms with van der Waals surface area (Å²) >= 11 is 6.58. The van der Waals surface area contributed by atoms with Crippen LogP contribution in [0.3, 0.4) is 0 Å². The summed E-state index contributed by atoms with van der Waals surface area (Å²) in [4.78, 5) is 26.3. The highest BCUT2D eigenvalue weighted by Gasteiger charge is 2.36. The molecule has 29 heavy (non-hydrogen) atoms. The van der Waals surface area contributed by atoms with Crippen molar-refractivity contribution in [2.75, 3.05) is 18.6 Å². The number of unbranched alkanes of at least 4 members (excludes halogenated alkanes) is 1. The Balaban J connectivity index is 1.84. The molecule has 0 saturated carbocycles. The zero-order valence-corrected chi connectivity index (χ0v) is 17.5. The van der Waals surface area contributed by atoms with Crippen LogP contribution in [0.1, 0.15) is 25.3 Å². The third kappa shape index (κ3) is 4.74. The molecule has 1 aliphatic rings. The largest absolute Gasteiger partial charge is 0.493 e. The number of methoxy groups -OCH3 is 1. The fourth-order valence-corrected chi connectivity index (χ4v) is 3.70. The van der Waals surface area contributed by atoms with Crippen molar-refractivity contribution < 1.29 is 23.5 Å². The lowest BCUT2D eigenvalue weighted by atomic mass is 10.1. The van der Waals surface area contributed by atoms with E-state index in [1.807, 2.05) is 0 Å². The standard InChI is InChI=1S/C21H19ClFNO4S/c1-3-4-9-28-17-8-5-13(10-18(17)27-2)11-19-20(25)24(21(26)29-19)14-6-7-16(23)15(22)12-14/h5-8,10-12H,3-4,9H2,1-2H3/b19-11-. The van der Waals surface area contributed by atoms with Gasteiger partial charge in [0.15, 0.2) is 11.5 Å². The molecular weight excluding hydrogens is 417 g/mol. The maximum absolute atomic E-state index is 13.4. The lowest BCUT2D eigenvalue weighted by Crippen LogP contribution is -2.27. The van der Waals surface area contributed by atoms with Crippen LogP contribution < -0.4 is 14.4 Å². The van der Waals surface area contributed by atoms with Crippen LogP contribution >= 0.6 is 23.4 Å². The number of hydrogen-bond acceptors (Lipinski definition) is 5. The average molecular weight is 436 g/mol. The number of hydrogen-bond donors (Lipinski definition) is 0. The summed E-state index contributed by atoms with van der Waals surface area (Å²) in [6.07, 6.45) is 3.56. The van der Waals surface area contributed by atoms with Gasteiger partial charge in [0.2, 0.25) is 0 Å². The number of nitrogens with zero attached hydrogens (tertiary/aromatic N) is 1. The van der Waals surface area contributed by atoms with Gasteiger partial charge in [-0.15, -0.1) is 0 Å². The molecule has 0 aliphatic carbocycles. The molecule has 0 atom stereocenters. The minimum Gasteiger partial charge on any atom is -0.493 e. The van der Waals surface area contributed by atoms with Crippen molar-refractivity contribution in [3.05, 3.63) is 57.7 Å². The van der Waals surface area contributed by atoms with Gasteiger partial charge in [-0.1, -0.05) is 31.0 Å². The lowest BCUT2D eigenvalue weighted by Gasteiger charge is -2.13. The number of benzene rings is 2. The van der Waals surface area contributed by atoms with Gasteiger partial charge in [0.1, 0.15) is 5.82 Å². The Morgan fingerprint density at radius 3 is 2.66 bits per heavy atom. The molecule has 0 aromatic heterocycles. The molecule has 1 heterocycles. The van der Waals surface area contributed by atoms with Crippen molar-refractivity contribution in [2.24, 2.45) is 0 Å². The maximum atomic E-state index is 13.4.